The van der Waals surface area contributed by atoms with Gasteiger partial charge in [0.2, 0.25) is 11.8 Å². The van der Waals surface area contributed by atoms with Gasteiger partial charge in [-0.05, 0) is 69.5 Å². The van der Waals surface area contributed by atoms with E-state index in [1.165, 1.54) is 51.0 Å². The zero-order valence-electron chi connectivity index (χ0n) is 24.6. The summed E-state index contributed by atoms with van der Waals surface area (Å²) >= 11 is 1.38. The highest BCUT2D eigenvalue weighted by Gasteiger charge is 2.27. The number of pyridine rings is 1. The molecule has 11 heteroatoms. The smallest absolute Gasteiger partial charge is 0.222 e. The summed E-state index contributed by atoms with van der Waals surface area (Å²) in [5.41, 5.74) is 9.86. The van der Waals surface area contributed by atoms with E-state index in [1.807, 2.05) is 23.1 Å². The molecule has 0 aliphatic carbocycles. The average Bonchev–Trinajstić information content (AvgIpc) is 3.03. The molecule has 4 heterocycles. The number of rotatable bonds is 9. The van der Waals surface area contributed by atoms with Crippen molar-refractivity contribution >= 4 is 35.1 Å². The third kappa shape index (κ3) is 8.09. The summed E-state index contributed by atoms with van der Waals surface area (Å²) < 4.78 is 0. The van der Waals surface area contributed by atoms with E-state index in [-0.39, 0.29) is 23.2 Å². The van der Waals surface area contributed by atoms with Crippen molar-refractivity contribution in [2.24, 2.45) is 0 Å². The zero-order valence-corrected chi connectivity index (χ0v) is 25.4. The Balaban J connectivity index is 1.16. The van der Waals surface area contributed by atoms with Gasteiger partial charge in [0.25, 0.3) is 0 Å². The Morgan fingerprint density at radius 3 is 2.42 bits per heavy atom. The van der Waals surface area contributed by atoms with Crippen molar-refractivity contribution in [2.75, 3.05) is 37.2 Å². The van der Waals surface area contributed by atoms with Gasteiger partial charge < -0.3 is 20.9 Å². The molecule has 0 atom stereocenters. The van der Waals surface area contributed by atoms with Crippen LogP contribution in [0, 0.1) is 11.3 Å². The Bertz CT molecular complexity index is 1480. The van der Waals surface area contributed by atoms with Crippen LogP contribution < -0.4 is 11.1 Å². The van der Waals surface area contributed by atoms with Gasteiger partial charge in [-0.2, -0.15) is 5.26 Å². The number of likely N-dealkylation sites (tertiary alicyclic amines) is 2. The maximum absolute atomic E-state index is 13.0. The molecule has 1 aromatic carbocycles. The Morgan fingerprint density at radius 2 is 1.72 bits per heavy atom. The second-order valence-electron chi connectivity index (χ2n) is 11.1. The van der Waals surface area contributed by atoms with Gasteiger partial charge >= 0.3 is 0 Å². The van der Waals surface area contributed by atoms with Crippen LogP contribution in [0.1, 0.15) is 62.4 Å². The van der Waals surface area contributed by atoms with Crippen molar-refractivity contribution in [3.63, 3.8) is 0 Å². The number of piperidine rings is 2. The van der Waals surface area contributed by atoms with Crippen LogP contribution in [-0.4, -0.2) is 68.8 Å². The number of carbonyl (C=O) groups excluding carboxylic acids is 2. The number of nitrogens with zero attached hydrogens (tertiary/aromatic N) is 6. The van der Waals surface area contributed by atoms with Crippen molar-refractivity contribution < 1.29 is 9.59 Å². The Labute approximate surface area is 257 Å². The molecule has 2 aliphatic rings. The molecule has 224 valence electrons. The highest BCUT2D eigenvalue weighted by molar-refractivity contribution is 7.98. The molecule has 0 unspecified atom stereocenters. The normalized spacial score (nSPS) is 16.0. The van der Waals surface area contributed by atoms with Gasteiger partial charge in [0.1, 0.15) is 17.5 Å². The van der Waals surface area contributed by atoms with Gasteiger partial charge in [-0.3, -0.25) is 14.6 Å². The summed E-state index contributed by atoms with van der Waals surface area (Å²) in [6.07, 6.45) is 7.15. The van der Waals surface area contributed by atoms with Crippen LogP contribution in [0.4, 0.5) is 11.5 Å². The van der Waals surface area contributed by atoms with Crippen LogP contribution in [-0.2, 0) is 21.8 Å². The first kappa shape index (κ1) is 30.4. The van der Waals surface area contributed by atoms with Gasteiger partial charge in [-0.15, -0.1) is 0 Å². The van der Waals surface area contributed by atoms with Crippen LogP contribution in [0.15, 0.2) is 47.6 Å². The van der Waals surface area contributed by atoms with Crippen LogP contribution in [0.3, 0.4) is 0 Å². The molecule has 2 aliphatic heterocycles. The molecule has 0 saturated carbocycles. The van der Waals surface area contributed by atoms with E-state index < -0.39 is 0 Å². The number of amides is 2. The molecule has 3 aromatic rings. The quantitative estimate of drug-likeness (QED) is 0.266. The molecule has 5 rings (SSSR count). The zero-order chi connectivity index (χ0) is 30.2. The first-order valence-corrected chi connectivity index (χ1v) is 15.9. The summed E-state index contributed by atoms with van der Waals surface area (Å²) in [6.45, 7) is 5.55. The van der Waals surface area contributed by atoms with E-state index >= 15 is 0 Å². The van der Waals surface area contributed by atoms with E-state index in [1.54, 1.807) is 24.3 Å². The van der Waals surface area contributed by atoms with Crippen LogP contribution in [0.25, 0.3) is 11.3 Å². The van der Waals surface area contributed by atoms with E-state index in [4.69, 9.17) is 10.7 Å². The van der Waals surface area contributed by atoms with Gasteiger partial charge in [0.15, 0.2) is 5.16 Å². The molecule has 2 amide bonds. The predicted octanol–water partition coefficient (Wildman–Crippen LogP) is 4.65. The van der Waals surface area contributed by atoms with Crippen molar-refractivity contribution in [1.82, 2.24) is 24.8 Å². The number of hydrogen-bond donors (Lipinski definition) is 2. The fraction of sp³-hybridized carbons (Fsp3) is 0.438. The monoisotopic (exact) mass is 598 g/mol. The fourth-order valence-electron chi connectivity index (χ4n) is 5.80. The van der Waals surface area contributed by atoms with Gasteiger partial charge in [0.05, 0.1) is 11.4 Å². The molecular weight excluding hydrogens is 560 g/mol. The number of aryl methyl sites for hydroxylation is 1. The largest absolute Gasteiger partial charge is 0.382 e. The summed E-state index contributed by atoms with van der Waals surface area (Å²) in [5.74, 6) is 0.666. The lowest BCUT2D eigenvalue weighted by Gasteiger charge is -2.40. The number of nitrogens with two attached hydrogens (primary N) is 1. The second-order valence-corrected chi connectivity index (χ2v) is 12.0. The second kappa shape index (κ2) is 14.4. The maximum Gasteiger partial charge on any atom is 0.222 e. The van der Waals surface area contributed by atoms with Gasteiger partial charge in [-0.25, -0.2) is 9.97 Å². The van der Waals surface area contributed by atoms with Gasteiger partial charge in [-0.1, -0.05) is 36.4 Å². The standard InChI is InChI=1S/C32H38N8O2S/c1-22(41)35-25-10-8-23(9-11-25)30-28(20-33)31(34)38-32(37-30)43-21-26-7-5-6-24(36-26)12-13-29(42)40-18-14-27(15-19-40)39-16-3-2-4-17-39/h5-11,27H,2-4,12-19,21H2,1H3,(H,35,41)(H2,34,37,38). The Kier molecular flexibility index (Phi) is 10.2. The summed E-state index contributed by atoms with van der Waals surface area (Å²) in [7, 11) is 0. The first-order chi connectivity index (χ1) is 20.9. The molecule has 10 nitrogen and oxygen atoms in total. The highest BCUT2D eigenvalue weighted by atomic mass is 32.2. The number of aromatic nitrogens is 3. The predicted molar refractivity (Wildman–Crippen MR) is 168 cm³/mol. The Morgan fingerprint density at radius 1 is 1.00 bits per heavy atom. The SMILES string of the molecule is CC(=O)Nc1ccc(-c2nc(SCc3cccc(CCC(=O)N4CCC(N5CCCCC5)CC4)n3)nc(N)c2C#N)cc1. The third-order valence-electron chi connectivity index (χ3n) is 8.04. The molecule has 0 spiro atoms. The molecule has 0 radical (unpaired) electrons. The molecule has 2 fully saturated rings. The molecule has 3 N–H and O–H groups in total. The Hall–Kier alpha value is -4.01. The number of thioether (sulfide) groups is 1. The number of nitrogens with one attached hydrogen (secondary N) is 1. The van der Waals surface area contributed by atoms with E-state index in [0.29, 0.717) is 46.7 Å². The highest BCUT2D eigenvalue weighted by Crippen LogP contribution is 2.29. The summed E-state index contributed by atoms with van der Waals surface area (Å²) in [6, 6.07) is 15.7. The number of hydrogen-bond acceptors (Lipinski definition) is 9. The van der Waals surface area contributed by atoms with E-state index in [9.17, 15) is 14.9 Å². The van der Waals surface area contributed by atoms with E-state index in [2.05, 4.69) is 26.3 Å². The number of carbonyl (C=O) groups is 2. The maximum atomic E-state index is 13.0. The number of nitriles is 1. The summed E-state index contributed by atoms with van der Waals surface area (Å²) in [5, 5.41) is 12.9. The topological polar surface area (TPSA) is 141 Å². The molecule has 0 bridgehead atoms. The number of anilines is 2. The number of nitrogen functional groups attached to an aromatic ring is 1. The molecule has 43 heavy (non-hydrogen) atoms. The van der Waals surface area contributed by atoms with Crippen LogP contribution >= 0.6 is 11.8 Å². The third-order valence-corrected chi connectivity index (χ3v) is 8.92. The average molecular weight is 599 g/mol. The molecular formula is C32H38N8O2S. The lowest BCUT2D eigenvalue weighted by atomic mass is 9.99. The first-order valence-electron chi connectivity index (χ1n) is 14.9. The lowest BCUT2D eigenvalue weighted by molar-refractivity contribution is -0.132. The van der Waals surface area contributed by atoms with Crippen molar-refractivity contribution in [2.45, 2.75) is 68.8 Å². The lowest BCUT2D eigenvalue weighted by Crippen LogP contribution is -2.48. The molecule has 2 aromatic heterocycles. The molecule has 2 saturated heterocycles. The van der Waals surface area contributed by atoms with Crippen LogP contribution in [0.2, 0.25) is 0 Å². The minimum absolute atomic E-state index is 0.112. The number of benzene rings is 1. The summed E-state index contributed by atoms with van der Waals surface area (Å²) in [4.78, 5) is 42.7. The minimum atomic E-state index is -0.164. The van der Waals surface area contributed by atoms with Crippen molar-refractivity contribution in [3.8, 4) is 17.3 Å². The van der Waals surface area contributed by atoms with Gasteiger partial charge in [0, 0.05) is 55.2 Å². The van der Waals surface area contributed by atoms with Crippen molar-refractivity contribution in [1.29, 1.82) is 5.26 Å². The van der Waals surface area contributed by atoms with Crippen molar-refractivity contribution in [3.05, 3.63) is 59.4 Å². The van der Waals surface area contributed by atoms with E-state index in [0.717, 1.165) is 37.3 Å². The minimum Gasteiger partial charge on any atom is -0.382 e. The fourth-order valence-corrected chi connectivity index (χ4v) is 6.56. The van der Waals surface area contributed by atoms with Crippen LogP contribution in [0.5, 0.6) is 0 Å².